The largest absolute Gasteiger partial charge is 0.451 e. The minimum atomic E-state index is -0.604. The summed E-state index contributed by atoms with van der Waals surface area (Å²) in [4.78, 5) is 30.2. The molecule has 0 unspecified atom stereocenters. The van der Waals surface area contributed by atoms with Crippen LogP contribution in [0.25, 0.3) is 10.9 Å². The van der Waals surface area contributed by atoms with Gasteiger partial charge in [0.2, 0.25) is 0 Å². The van der Waals surface area contributed by atoms with Gasteiger partial charge in [0.25, 0.3) is 5.91 Å². The molecular formula is C21H20N2O3. The molecule has 0 aliphatic heterocycles. The molecule has 0 radical (unpaired) electrons. The third-order valence-electron chi connectivity index (χ3n) is 4.10. The standard InChI is InChI=1S/C21H20N2O3/c1-15-7-9-16(10-8-15)13-23(2)20(24)14-26-21(25)19-12-11-17-5-3-4-6-18(17)22-19/h3-12H,13-14H2,1-2H3. The van der Waals surface area contributed by atoms with Crippen LogP contribution in [0.15, 0.2) is 60.7 Å². The van der Waals surface area contributed by atoms with Crippen LogP contribution in [0.5, 0.6) is 0 Å². The van der Waals surface area contributed by atoms with Crippen molar-refractivity contribution in [3.05, 3.63) is 77.5 Å². The van der Waals surface area contributed by atoms with Crippen LogP contribution in [0.3, 0.4) is 0 Å². The smallest absolute Gasteiger partial charge is 0.357 e. The van der Waals surface area contributed by atoms with E-state index in [0.717, 1.165) is 10.9 Å². The Kier molecular flexibility index (Phi) is 5.27. The molecule has 5 heteroatoms. The third-order valence-corrected chi connectivity index (χ3v) is 4.10. The van der Waals surface area contributed by atoms with E-state index in [4.69, 9.17) is 4.74 Å². The highest BCUT2D eigenvalue weighted by Crippen LogP contribution is 2.12. The van der Waals surface area contributed by atoms with Crippen molar-refractivity contribution >= 4 is 22.8 Å². The van der Waals surface area contributed by atoms with E-state index in [1.165, 1.54) is 10.5 Å². The molecule has 0 spiro atoms. The fourth-order valence-electron chi connectivity index (χ4n) is 2.55. The van der Waals surface area contributed by atoms with Gasteiger partial charge in [0.05, 0.1) is 5.52 Å². The van der Waals surface area contributed by atoms with Crippen LogP contribution in [-0.4, -0.2) is 35.4 Å². The van der Waals surface area contributed by atoms with Crippen molar-refractivity contribution < 1.29 is 14.3 Å². The number of para-hydroxylation sites is 1. The summed E-state index contributed by atoms with van der Waals surface area (Å²) in [5, 5.41) is 0.943. The number of aryl methyl sites for hydroxylation is 1. The number of hydrogen-bond acceptors (Lipinski definition) is 4. The lowest BCUT2D eigenvalue weighted by molar-refractivity contribution is -0.133. The van der Waals surface area contributed by atoms with E-state index in [0.29, 0.717) is 12.1 Å². The molecule has 3 aromatic rings. The first-order valence-corrected chi connectivity index (χ1v) is 8.35. The monoisotopic (exact) mass is 348 g/mol. The number of ether oxygens (including phenoxy) is 1. The molecule has 3 rings (SSSR count). The summed E-state index contributed by atoms with van der Waals surface area (Å²) in [5.41, 5.74) is 3.09. The van der Waals surface area contributed by atoms with E-state index in [2.05, 4.69) is 4.98 Å². The molecule has 2 aromatic carbocycles. The Bertz CT molecular complexity index is 935. The number of aromatic nitrogens is 1. The van der Waals surface area contributed by atoms with E-state index < -0.39 is 5.97 Å². The molecule has 0 N–H and O–H groups in total. The van der Waals surface area contributed by atoms with Crippen molar-refractivity contribution in [3.8, 4) is 0 Å². The highest BCUT2D eigenvalue weighted by atomic mass is 16.5. The maximum Gasteiger partial charge on any atom is 0.357 e. The summed E-state index contributed by atoms with van der Waals surface area (Å²) < 4.78 is 5.12. The summed E-state index contributed by atoms with van der Waals surface area (Å²) in [6.07, 6.45) is 0. The molecule has 0 saturated carbocycles. The number of hydrogen-bond donors (Lipinski definition) is 0. The van der Waals surface area contributed by atoms with Gasteiger partial charge in [-0.05, 0) is 24.6 Å². The van der Waals surface area contributed by atoms with Crippen molar-refractivity contribution in [2.45, 2.75) is 13.5 Å². The topological polar surface area (TPSA) is 59.5 Å². The third kappa shape index (κ3) is 4.25. The SMILES string of the molecule is Cc1ccc(CN(C)C(=O)COC(=O)c2ccc3ccccc3n2)cc1. The van der Waals surface area contributed by atoms with Gasteiger partial charge in [0.1, 0.15) is 5.69 Å². The molecule has 26 heavy (non-hydrogen) atoms. The van der Waals surface area contributed by atoms with Gasteiger partial charge in [-0.1, -0.05) is 54.1 Å². The molecule has 5 nitrogen and oxygen atoms in total. The molecule has 0 bridgehead atoms. The molecule has 1 aromatic heterocycles. The zero-order chi connectivity index (χ0) is 18.5. The molecule has 0 fully saturated rings. The lowest BCUT2D eigenvalue weighted by Crippen LogP contribution is -2.30. The molecule has 0 aliphatic carbocycles. The summed E-state index contributed by atoms with van der Waals surface area (Å²) >= 11 is 0. The fraction of sp³-hybridized carbons (Fsp3) is 0.190. The van der Waals surface area contributed by atoms with Crippen LogP contribution >= 0.6 is 0 Å². The first-order valence-electron chi connectivity index (χ1n) is 8.35. The van der Waals surface area contributed by atoms with E-state index in [-0.39, 0.29) is 18.2 Å². The van der Waals surface area contributed by atoms with E-state index in [1.54, 1.807) is 13.1 Å². The van der Waals surface area contributed by atoms with Gasteiger partial charge >= 0.3 is 5.97 Å². The van der Waals surface area contributed by atoms with Crippen LogP contribution < -0.4 is 0 Å². The number of fused-ring (bicyclic) bond motifs is 1. The Morgan fingerprint density at radius 3 is 2.50 bits per heavy atom. The Morgan fingerprint density at radius 1 is 1.00 bits per heavy atom. The van der Waals surface area contributed by atoms with Gasteiger partial charge in [0.15, 0.2) is 6.61 Å². The average molecular weight is 348 g/mol. The summed E-state index contributed by atoms with van der Waals surface area (Å²) in [6, 6.07) is 18.9. The first kappa shape index (κ1) is 17.6. The second kappa shape index (κ2) is 7.78. The summed E-state index contributed by atoms with van der Waals surface area (Å²) in [5.74, 6) is -0.868. The molecule has 1 amide bonds. The second-order valence-electron chi connectivity index (χ2n) is 6.20. The Balaban J connectivity index is 1.57. The quantitative estimate of drug-likeness (QED) is 0.664. The van der Waals surface area contributed by atoms with Crippen LogP contribution in [0, 0.1) is 6.92 Å². The highest BCUT2D eigenvalue weighted by Gasteiger charge is 2.15. The number of nitrogens with zero attached hydrogens (tertiary/aromatic N) is 2. The normalized spacial score (nSPS) is 10.5. The van der Waals surface area contributed by atoms with Crippen molar-refractivity contribution in [2.75, 3.05) is 13.7 Å². The zero-order valence-electron chi connectivity index (χ0n) is 14.8. The number of carbonyl (C=O) groups excluding carboxylic acids is 2. The van der Waals surface area contributed by atoms with Crippen molar-refractivity contribution in [3.63, 3.8) is 0 Å². The van der Waals surface area contributed by atoms with Gasteiger partial charge < -0.3 is 9.64 Å². The number of rotatable bonds is 5. The minimum Gasteiger partial charge on any atom is -0.451 e. The molecule has 0 atom stereocenters. The lowest BCUT2D eigenvalue weighted by atomic mass is 10.1. The first-order chi connectivity index (χ1) is 12.5. The average Bonchev–Trinajstić information content (AvgIpc) is 2.67. The number of amides is 1. The number of pyridine rings is 1. The lowest BCUT2D eigenvalue weighted by Gasteiger charge is -2.17. The molecule has 132 valence electrons. The second-order valence-corrected chi connectivity index (χ2v) is 6.20. The van der Waals surface area contributed by atoms with Gasteiger partial charge in [-0.2, -0.15) is 0 Å². The minimum absolute atomic E-state index is 0.192. The van der Waals surface area contributed by atoms with E-state index >= 15 is 0 Å². The number of carbonyl (C=O) groups is 2. The van der Waals surface area contributed by atoms with Gasteiger partial charge in [-0.15, -0.1) is 0 Å². The van der Waals surface area contributed by atoms with Crippen LogP contribution in [0.1, 0.15) is 21.6 Å². The molecular weight excluding hydrogens is 328 g/mol. The van der Waals surface area contributed by atoms with Crippen LogP contribution in [0.2, 0.25) is 0 Å². The number of benzene rings is 2. The molecule has 0 saturated heterocycles. The maximum atomic E-state index is 12.2. The Labute approximate surface area is 152 Å². The van der Waals surface area contributed by atoms with E-state index in [9.17, 15) is 9.59 Å². The molecule has 1 heterocycles. The number of likely N-dealkylation sites (N-methyl/N-ethyl adjacent to an activating group) is 1. The predicted molar refractivity (Wildman–Crippen MR) is 99.7 cm³/mol. The Morgan fingerprint density at radius 2 is 1.73 bits per heavy atom. The van der Waals surface area contributed by atoms with Crippen LogP contribution in [0.4, 0.5) is 0 Å². The summed E-state index contributed by atoms with van der Waals surface area (Å²) in [6.45, 7) is 2.17. The molecule has 0 aliphatic rings. The van der Waals surface area contributed by atoms with Crippen molar-refractivity contribution in [2.24, 2.45) is 0 Å². The van der Waals surface area contributed by atoms with Crippen molar-refractivity contribution in [1.82, 2.24) is 9.88 Å². The summed E-state index contributed by atoms with van der Waals surface area (Å²) in [7, 11) is 1.68. The van der Waals surface area contributed by atoms with Gasteiger partial charge in [-0.3, -0.25) is 4.79 Å². The predicted octanol–water partition coefficient (Wildman–Crippen LogP) is 3.36. The van der Waals surface area contributed by atoms with Gasteiger partial charge in [0, 0.05) is 19.0 Å². The maximum absolute atomic E-state index is 12.2. The number of esters is 1. The Hall–Kier alpha value is -3.21. The van der Waals surface area contributed by atoms with E-state index in [1.807, 2.05) is 61.5 Å². The fourth-order valence-corrected chi connectivity index (χ4v) is 2.55. The highest BCUT2D eigenvalue weighted by molar-refractivity contribution is 5.92. The van der Waals surface area contributed by atoms with Crippen molar-refractivity contribution in [1.29, 1.82) is 0 Å². The van der Waals surface area contributed by atoms with Crippen LogP contribution in [-0.2, 0) is 16.1 Å². The van der Waals surface area contributed by atoms with Gasteiger partial charge in [-0.25, -0.2) is 9.78 Å². The zero-order valence-corrected chi connectivity index (χ0v) is 14.8.